The van der Waals surface area contributed by atoms with Gasteiger partial charge in [-0.05, 0) is 48.9 Å². The number of hydrogen-bond donors (Lipinski definition) is 1. The molecule has 0 saturated carbocycles. The topological polar surface area (TPSA) is 119 Å². The van der Waals surface area contributed by atoms with Crippen molar-refractivity contribution < 1.29 is 22.9 Å². The maximum absolute atomic E-state index is 12.7. The summed E-state index contributed by atoms with van der Waals surface area (Å²) in [6, 6.07) is 18.5. The Morgan fingerprint density at radius 2 is 1.72 bits per heavy atom. The third kappa shape index (κ3) is 5.22. The second-order valence-corrected chi connectivity index (χ2v) is 8.84. The number of nitrogens with one attached hydrogen (secondary N) is 1. The molecule has 0 aromatic heterocycles. The van der Waals surface area contributed by atoms with Gasteiger partial charge >= 0.3 is 0 Å². The highest BCUT2D eigenvalue weighted by molar-refractivity contribution is 7.92. The van der Waals surface area contributed by atoms with E-state index in [1.807, 2.05) is 0 Å². The zero-order chi connectivity index (χ0) is 23.3. The first-order valence-corrected chi connectivity index (χ1v) is 10.9. The average molecular weight is 455 g/mol. The molecule has 3 aromatic rings. The molecule has 10 heteroatoms. The number of carbonyl (C=O) groups is 1. The molecule has 1 amide bonds. The van der Waals surface area contributed by atoms with Crippen molar-refractivity contribution in [1.29, 1.82) is 0 Å². The summed E-state index contributed by atoms with van der Waals surface area (Å²) >= 11 is 0. The van der Waals surface area contributed by atoms with Gasteiger partial charge in [0, 0.05) is 19.2 Å². The van der Waals surface area contributed by atoms with Gasteiger partial charge in [0.15, 0.2) is 6.61 Å². The van der Waals surface area contributed by atoms with E-state index in [0.29, 0.717) is 22.7 Å². The van der Waals surface area contributed by atoms with E-state index in [0.717, 1.165) is 4.31 Å². The van der Waals surface area contributed by atoms with Gasteiger partial charge in [0.25, 0.3) is 21.6 Å². The number of nitro groups is 1. The molecule has 3 aromatic carbocycles. The summed E-state index contributed by atoms with van der Waals surface area (Å²) in [6.45, 7) is 1.40. The van der Waals surface area contributed by atoms with Crippen molar-refractivity contribution in [1.82, 2.24) is 0 Å². The van der Waals surface area contributed by atoms with E-state index >= 15 is 0 Å². The van der Waals surface area contributed by atoms with E-state index in [-0.39, 0.29) is 17.2 Å². The van der Waals surface area contributed by atoms with E-state index in [1.54, 1.807) is 55.5 Å². The first-order chi connectivity index (χ1) is 15.2. The number of aryl methyl sites for hydroxylation is 1. The van der Waals surface area contributed by atoms with Gasteiger partial charge in [0.05, 0.1) is 21.2 Å². The minimum atomic E-state index is -3.70. The number of amides is 1. The Bertz CT molecular complexity index is 1230. The fourth-order valence-electron chi connectivity index (χ4n) is 2.84. The minimum Gasteiger partial charge on any atom is -0.484 e. The zero-order valence-corrected chi connectivity index (χ0v) is 18.2. The SMILES string of the molecule is Cc1ccc([N+](=O)[O-])cc1NC(=O)COc1ccc(N(C)S(=O)(=O)c2ccccc2)cc1. The number of hydrogen-bond acceptors (Lipinski definition) is 6. The van der Waals surface area contributed by atoms with Crippen molar-refractivity contribution in [2.45, 2.75) is 11.8 Å². The Hall–Kier alpha value is -3.92. The molecule has 0 atom stereocenters. The zero-order valence-electron chi connectivity index (χ0n) is 17.4. The molecule has 0 heterocycles. The second kappa shape index (κ2) is 9.48. The summed E-state index contributed by atoms with van der Waals surface area (Å²) in [5.41, 5.74) is 1.31. The van der Waals surface area contributed by atoms with Gasteiger partial charge in [-0.2, -0.15) is 0 Å². The van der Waals surface area contributed by atoms with Crippen molar-refractivity contribution in [3.63, 3.8) is 0 Å². The van der Waals surface area contributed by atoms with Gasteiger partial charge in [0.1, 0.15) is 5.75 Å². The Balaban J connectivity index is 1.62. The highest BCUT2D eigenvalue weighted by Crippen LogP contribution is 2.25. The normalized spacial score (nSPS) is 10.9. The standard InChI is InChI=1S/C22H21N3O6S/c1-16-8-9-18(25(27)28)14-21(16)23-22(26)15-31-19-12-10-17(11-13-19)24(2)32(29,30)20-6-4-3-5-7-20/h3-14H,15H2,1-2H3,(H,23,26). The minimum absolute atomic E-state index is 0.128. The van der Waals surface area contributed by atoms with Crippen LogP contribution >= 0.6 is 0 Å². The van der Waals surface area contributed by atoms with E-state index in [4.69, 9.17) is 4.74 Å². The number of nitro benzene ring substituents is 1. The Morgan fingerprint density at radius 3 is 2.34 bits per heavy atom. The lowest BCUT2D eigenvalue weighted by atomic mass is 10.2. The van der Waals surface area contributed by atoms with Gasteiger partial charge in [-0.25, -0.2) is 8.42 Å². The lowest BCUT2D eigenvalue weighted by molar-refractivity contribution is -0.384. The molecule has 0 aliphatic carbocycles. The van der Waals surface area contributed by atoms with Crippen LogP contribution in [0.4, 0.5) is 17.1 Å². The van der Waals surface area contributed by atoms with Crippen LogP contribution in [-0.4, -0.2) is 32.9 Å². The molecule has 0 unspecified atom stereocenters. The lowest BCUT2D eigenvalue weighted by Gasteiger charge is -2.19. The van der Waals surface area contributed by atoms with Crippen LogP contribution in [-0.2, 0) is 14.8 Å². The number of rotatable bonds is 8. The molecule has 0 saturated heterocycles. The van der Waals surface area contributed by atoms with Crippen molar-refractivity contribution >= 4 is 33.0 Å². The number of anilines is 2. The van der Waals surface area contributed by atoms with Crippen LogP contribution in [0.3, 0.4) is 0 Å². The van der Waals surface area contributed by atoms with Gasteiger partial charge in [-0.3, -0.25) is 19.2 Å². The third-order valence-corrected chi connectivity index (χ3v) is 6.48. The van der Waals surface area contributed by atoms with Crippen LogP contribution in [0.1, 0.15) is 5.56 Å². The Labute approximate surface area is 185 Å². The fourth-order valence-corrected chi connectivity index (χ4v) is 4.05. The largest absolute Gasteiger partial charge is 0.484 e. The molecule has 0 spiro atoms. The third-order valence-electron chi connectivity index (χ3n) is 4.68. The average Bonchev–Trinajstić information content (AvgIpc) is 2.79. The second-order valence-electron chi connectivity index (χ2n) is 6.87. The van der Waals surface area contributed by atoms with Gasteiger partial charge < -0.3 is 10.1 Å². The number of nitrogens with zero attached hydrogens (tertiary/aromatic N) is 2. The summed E-state index contributed by atoms with van der Waals surface area (Å²) in [4.78, 5) is 22.7. The number of sulfonamides is 1. The lowest BCUT2D eigenvalue weighted by Crippen LogP contribution is -2.26. The van der Waals surface area contributed by atoms with Crippen molar-refractivity contribution in [3.05, 3.63) is 88.5 Å². The van der Waals surface area contributed by atoms with Crippen LogP contribution in [0, 0.1) is 17.0 Å². The molecule has 0 aliphatic heterocycles. The number of benzene rings is 3. The summed E-state index contributed by atoms with van der Waals surface area (Å²) < 4.78 is 32.0. The highest BCUT2D eigenvalue weighted by atomic mass is 32.2. The van der Waals surface area contributed by atoms with Crippen molar-refractivity contribution in [3.8, 4) is 5.75 Å². The molecule has 9 nitrogen and oxygen atoms in total. The van der Waals surface area contributed by atoms with Crippen LogP contribution in [0.5, 0.6) is 5.75 Å². The molecule has 0 aliphatic rings. The molecule has 0 radical (unpaired) electrons. The molecule has 32 heavy (non-hydrogen) atoms. The molecular weight excluding hydrogens is 434 g/mol. The molecule has 3 rings (SSSR count). The number of carbonyl (C=O) groups excluding carboxylic acids is 1. The summed E-state index contributed by atoms with van der Waals surface area (Å²) in [7, 11) is -2.25. The summed E-state index contributed by atoms with van der Waals surface area (Å²) in [5.74, 6) is -0.119. The first-order valence-electron chi connectivity index (χ1n) is 9.50. The van der Waals surface area contributed by atoms with E-state index in [2.05, 4.69) is 5.32 Å². The van der Waals surface area contributed by atoms with Gasteiger partial charge in [-0.15, -0.1) is 0 Å². The fraction of sp³-hybridized carbons (Fsp3) is 0.136. The first kappa shape index (κ1) is 22.8. The van der Waals surface area contributed by atoms with Gasteiger partial charge in [0.2, 0.25) is 0 Å². The van der Waals surface area contributed by atoms with E-state index in [9.17, 15) is 23.3 Å². The predicted molar refractivity (Wildman–Crippen MR) is 120 cm³/mol. The Kier molecular flexibility index (Phi) is 6.74. The molecule has 0 bridgehead atoms. The maximum atomic E-state index is 12.7. The monoisotopic (exact) mass is 455 g/mol. The highest BCUT2D eigenvalue weighted by Gasteiger charge is 2.21. The van der Waals surface area contributed by atoms with Crippen LogP contribution in [0.15, 0.2) is 77.7 Å². The van der Waals surface area contributed by atoms with Crippen molar-refractivity contribution in [2.75, 3.05) is 23.3 Å². The Morgan fingerprint density at radius 1 is 1.06 bits per heavy atom. The molecule has 0 fully saturated rings. The van der Waals surface area contributed by atoms with Crippen LogP contribution in [0.2, 0.25) is 0 Å². The van der Waals surface area contributed by atoms with E-state index < -0.39 is 20.9 Å². The predicted octanol–water partition coefficient (Wildman–Crippen LogP) is 3.75. The summed E-state index contributed by atoms with van der Waals surface area (Å²) in [6.07, 6.45) is 0. The molecule has 166 valence electrons. The molecular formula is C22H21N3O6S. The van der Waals surface area contributed by atoms with E-state index in [1.165, 1.54) is 31.3 Å². The van der Waals surface area contributed by atoms with Crippen LogP contribution in [0.25, 0.3) is 0 Å². The van der Waals surface area contributed by atoms with Gasteiger partial charge in [-0.1, -0.05) is 24.3 Å². The van der Waals surface area contributed by atoms with Crippen molar-refractivity contribution in [2.24, 2.45) is 0 Å². The smallest absolute Gasteiger partial charge is 0.271 e. The maximum Gasteiger partial charge on any atom is 0.271 e. The number of ether oxygens (including phenoxy) is 1. The number of non-ortho nitro benzene ring substituents is 1. The van der Waals surface area contributed by atoms with Crippen LogP contribution < -0.4 is 14.4 Å². The molecule has 1 N–H and O–H groups in total. The quantitative estimate of drug-likeness (QED) is 0.408. The summed E-state index contributed by atoms with van der Waals surface area (Å²) in [5, 5.41) is 13.5.